The summed E-state index contributed by atoms with van der Waals surface area (Å²) >= 11 is 7.21. The smallest absolute Gasteiger partial charge is 0.255 e. The molecule has 2 heterocycles. The molecule has 21 heavy (non-hydrogen) atoms. The van der Waals surface area contributed by atoms with Gasteiger partial charge >= 0.3 is 0 Å². The average Bonchev–Trinajstić information content (AvgIpc) is 2.82. The summed E-state index contributed by atoms with van der Waals surface area (Å²) in [5, 5.41) is 3.70. The summed E-state index contributed by atoms with van der Waals surface area (Å²) < 4.78 is 0.880. The lowest BCUT2D eigenvalue weighted by Crippen LogP contribution is -2.12. The fourth-order valence-corrected chi connectivity index (χ4v) is 2.79. The van der Waals surface area contributed by atoms with Gasteiger partial charge in [-0.3, -0.25) is 4.79 Å². The van der Waals surface area contributed by atoms with Gasteiger partial charge in [0.1, 0.15) is 5.15 Å². The number of hydrogen-bond acceptors (Lipinski definition) is 5. The topological polar surface area (TPSA) is 80.9 Å². The number of anilines is 2. The number of rotatable bonds is 2. The van der Waals surface area contributed by atoms with E-state index in [0.29, 0.717) is 21.5 Å². The van der Waals surface area contributed by atoms with Crippen LogP contribution < -0.4 is 11.1 Å². The van der Waals surface area contributed by atoms with Crippen LogP contribution in [0.25, 0.3) is 10.2 Å². The number of aryl methyl sites for hydroxylation is 1. The second-order valence-electron chi connectivity index (χ2n) is 4.52. The maximum Gasteiger partial charge on any atom is 0.255 e. The zero-order valence-corrected chi connectivity index (χ0v) is 12.6. The molecule has 0 saturated heterocycles. The van der Waals surface area contributed by atoms with E-state index >= 15 is 0 Å². The quantitative estimate of drug-likeness (QED) is 0.709. The van der Waals surface area contributed by atoms with Crippen molar-refractivity contribution in [1.29, 1.82) is 0 Å². The lowest BCUT2D eigenvalue weighted by molar-refractivity contribution is 0.102. The molecule has 3 N–H and O–H groups in total. The molecule has 7 heteroatoms. The molecule has 1 aromatic carbocycles. The normalized spacial score (nSPS) is 10.8. The summed E-state index contributed by atoms with van der Waals surface area (Å²) in [6.45, 7) is 1.83. The molecule has 0 aliphatic carbocycles. The van der Waals surface area contributed by atoms with Crippen LogP contribution in [-0.2, 0) is 0 Å². The fraction of sp³-hybridized carbons (Fsp3) is 0.0714. The van der Waals surface area contributed by atoms with Crippen molar-refractivity contribution >= 4 is 49.9 Å². The third-order valence-electron chi connectivity index (χ3n) is 2.94. The lowest BCUT2D eigenvalue weighted by Gasteiger charge is -2.06. The van der Waals surface area contributed by atoms with Gasteiger partial charge < -0.3 is 11.1 Å². The van der Waals surface area contributed by atoms with Crippen molar-refractivity contribution in [2.45, 2.75) is 6.92 Å². The molecular formula is C14H11ClN4OS. The van der Waals surface area contributed by atoms with Gasteiger partial charge in [-0.15, -0.1) is 0 Å². The van der Waals surface area contributed by atoms with Crippen molar-refractivity contribution in [2.24, 2.45) is 0 Å². The molecule has 0 aliphatic rings. The Morgan fingerprint density at radius 2 is 2.19 bits per heavy atom. The molecule has 3 rings (SSSR count). The molecule has 0 aliphatic heterocycles. The van der Waals surface area contributed by atoms with Crippen molar-refractivity contribution in [3.63, 3.8) is 0 Å². The number of benzene rings is 1. The Kier molecular flexibility index (Phi) is 3.48. The number of hydrogen-bond donors (Lipinski definition) is 2. The highest BCUT2D eigenvalue weighted by Crippen LogP contribution is 2.25. The molecule has 1 amide bonds. The van der Waals surface area contributed by atoms with Crippen LogP contribution in [0.1, 0.15) is 15.9 Å². The summed E-state index contributed by atoms with van der Waals surface area (Å²) in [4.78, 5) is 20.4. The molecule has 3 aromatic rings. The van der Waals surface area contributed by atoms with Crippen LogP contribution >= 0.6 is 22.9 Å². The molecule has 2 aromatic heterocycles. The number of carbonyl (C=O) groups is 1. The first-order chi connectivity index (χ1) is 10.0. The number of nitrogens with one attached hydrogen (secondary N) is 1. The number of amides is 1. The average molecular weight is 319 g/mol. The first-order valence-electron chi connectivity index (χ1n) is 6.12. The third kappa shape index (κ3) is 2.81. The minimum Gasteiger partial charge on any atom is -0.375 e. The van der Waals surface area contributed by atoms with Gasteiger partial charge in [0.2, 0.25) is 0 Å². The zero-order chi connectivity index (χ0) is 15.0. The predicted molar refractivity (Wildman–Crippen MR) is 86.0 cm³/mol. The third-order valence-corrected chi connectivity index (χ3v) is 4.18. The first-order valence-corrected chi connectivity index (χ1v) is 7.32. The summed E-state index contributed by atoms with van der Waals surface area (Å²) in [7, 11) is 0. The van der Waals surface area contributed by atoms with Crippen LogP contribution in [0.2, 0.25) is 5.15 Å². The van der Waals surface area contributed by atoms with Gasteiger partial charge in [-0.2, -0.15) is 0 Å². The van der Waals surface area contributed by atoms with E-state index in [2.05, 4.69) is 15.3 Å². The number of aromatic nitrogens is 2. The minimum atomic E-state index is -0.215. The molecule has 0 saturated carbocycles. The number of fused-ring (bicyclic) bond motifs is 1. The van der Waals surface area contributed by atoms with Gasteiger partial charge in [0.25, 0.3) is 5.91 Å². The number of nitrogens with zero attached hydrogens (tertiary/aromatic N) is 2. The molecule has 0 fully saturated rings. The molecule has 0 spiro atoms. The van der Waals surface area contributed by atoms with E-state index in [0.717, 1.165) is 15.8 Å². The van der Waals surface area contributed by atoms with Crippen molar-refractivity contribution < 1.29 is 4.79 Å². The lowest BCUT2D eigenvalue weighted by atomic mass is 10.2. The molecule has 5 nitrogen and oxygen atoms in total. The van der Waals surface area contributed by atoms with Crippen LogP contribution in [0.4, 0.5) is 10.8 Å². The Morgan fingerprint density at radius 1 is 1.38 bits per heavy atom. The van der Waals surface area contributed by atoms with E-state index in [9.17, 15) is 4.79 Å². The van der Waals surface area contributed by atoms with Gasteiger partial charge in [0, 0.05) is 5.56 Å². The molecule has 0 unspecified atom stereocenters. The molecule has 0 atom stereocenters. The molecule has 106 valence electrons. The predicted octanol–water partition coefficient (Wildman–Crippen LogP) is 3.49. The van der Waals surface area contributed by atoms with Crippen LogP contribution in [-0.4, -0.2) is 15.9 Å². The van der Waals surface area contributed by atoms with E-state index in [1.54, 1.807) is 24.3 Å². The van der Waals surface area contributed by atoms with E-state index in [-0.39, 0.29) is 5.91 Å². The molecule has 0 bridgehead atoms. The monoisotopic (exact) mass is 318 g/mol. The Hall–Kier alpha value is -2.18. The van der Waals surface area contributed by atoms with Gasteiger partial charge in [-0.05, 0) is 36.8 Å². The fourth-order valence-electron chi connectivity index (χ4n) is 1.91. The van der Waals surface area contributed by atoms with E-state index in [1.165, 1.54) is 17.5 Å². The Morgan fingerprint density at radius 3 is 2.95 bits per heavy atom. The van der Waals surface area contributed by atoms with Gasteiger partial charge in [0.05, 0.1) is 22.1 Å². The van der Waals surface area contributed by atoms with Crippen LogP contribution in [0.5, 0.6) is 0 Å². The minimum absolute atomic E-state index is 0.215. The maximum absolute atomic E-state index is 12.2. The van der Waals surface area contributed by atoms with Crippen LogP contribution in [0.15, 0.2) is 30.5 Å². The van der Waals surface area contributed by atoms with Gasteiger partial charge in [-0.1, -0.05) is 22.9 Å². The molecular weight excluding hydrogens is 308 g/mol. The number of nitrogen functional groups attached to an aromatic ring is 1. The SMILES string of the molecule is Cc1cc(NC(=O)c2ccc3nc(N)sc3c2)cnc1Cl. The Balaban J connectivity index is 1.87. The first kappa shape index (κ1) is 13.8. The number of halogens is 1. The summed E-state index contributed by atoms with van der Waals surface area (Å²) in [6, 6.07) is 7.04. The standard InChI is InChI=1S/C14H11ClN4OS/c1-7-4-9(6-17-12(7)15)18-13(20)8-2-3-10-11(5-8)21-14(16)19-10/h2-6H,1H3,(H2,16,19)(H,18,20). The van der Waals surface area contributed by atoms with E-state index in [4.69, 9.17) is 17.3 Å². The molecule has 0 radical (unpaired) electrons. The van der Waals surface area contributed by atoms with Crippen LogP contribution in [0.3, 0.4) is 0 Å². The number of thiazole rings is 1. The van der Waals surface area contributed by atoms with E-state index < -0.39 is 0 Å². The Bertz CT molecular complexity index is 846. The zero-order valence-electron chi connectivity index (χ0n) is 11.1. The van der Waals surface area contributed by atoms with Crippen molar-refractivity contribution in [1.82, 2.24) is 9.97 Å². The van der Waals surface area contributed by atoms with Crippen molar-refractivity contribution in [2.75, 3.05) is 11.1 Å². The number of pyridine rings is 1. The second-order valence-corrected chi connectivity index (χ2v) is 5.94. The maximum atomic E-state index is 12.2. The number of nitrogens with two attached hydrogens (primary N) is 1. The highest BCUT2D eigenvalue weighted by molar-refractivity contribution is 7.22. The van der Waals surface area contributed by atoms with E-state index in [1.807, 2.05) is 6.92 Å². The highest BCUT2D eigenvalue weighted by atomic mass is 35.5. The highest BCUT2D eigenvalue weighted by Gasteiger charge is 2.10. The van der Waals surface area contributed by atoms with Gasteiger partial charge in [-0.25, -0.2) is 9.97 Å². The largest absolute Gasteiger partial charge is 0.375 e. The summed E-state index contributed by atoms with van der Waals surface area (Å²) in [6.07, 6.45) is 1.52. The second kappa shape index (κ2) is 5.31. The summed E-state index contributed by atoms with van der Waals surface area (Å²) in [5.74, 6) is -0.215. The summed E-state index contributed by atoms with van der Waals surface area (Å²) in [5.41, 5.74) is 8.40. The van der Waals surface area contributed by atoms with Gasteiger partial charge in [0.15, 0.2) is 5.13 Å². The Labute approximate surface area is 129 Å². The van der Waals surface area contributed by atoms with Crippen LogP contribution in [0, 0.1) is 6.92 Å². The number of carbonyl (C=O) groups excluding carboxylic acids is 1. The van der Waals surface area contributed by atoms with Crippen molar-refractivity contribution in [3.05, 3.63) is 46.7 Å². The van der Waals surface area contributed by atoms with Crippen molar-refractivity contribution in [3.8, 4) is 0 Å².